The van der Waals surface area contributed by atoms with Gasteiger partial charge in [0.1, 0.15) is 4.88 Å². The minimum atomic E-state index is -0.169. The highest BCUT2D eigenvalue weighted by molar-refractivity contribution is 7.07. The summed E-state index contributed by atoms with van der Waals surface area (Å²) in [7, 11) is 0. The minimum absolute atomic E-state index is 0.0603. The third-order valence-electron chi connectivity index (χ3n) is 1.13. The summed E-state index contributed by atoms with van der Waals surface area (Å²) in [5.41, 5.74) is 0. The molecule has 1 rings (SSSR count). The first-order valence-electron chi connectivity index (χ1n) is 3.40. The molecule has 1 heterocycles. The number of rotatable bonds is 3. The summed E-state index contributed by atoms with van der Waals surface area (Å²) in [5, 5.41) is 6.13. The van der Waals surface area contributed by atoms with Crippen molar-refractivity contribution in [2.75, 3.05) is 6.54 Å². The van der Waals surface area contributed by atoms with Crippen LogP contribution in [0.3, 0.4) is 0 Å². The molecule has 1 atom stereocenters. The second-order valence-electron chi connectivity index (χ2n) is 2.27. The van der Waals surface area contributed by atoms with E-state index in [4.69, 9.17) is 11.6 Å². The van der Waals surface area contributed by atoms with Gasteiger partial charge in [0, 0.05) is 11.9 Å². The molecule has 12 heavy (non-hydrogen) atoms. The molecule has 0 spiro atoms. The number of alkyl halides is 1. The van der Waals surface area contributed by atoms with E-state index in [-0.39, 0.29) is 11.3 Å². The summed E-state index contributed by atoms with van der Waals surface area (Å²) < 4.78 is 3.57. The van der Waals surface area contributed by atoms with Gasteiger partial charge in [-0.3, -0.25) is 4.79 Å². The molecule has 0 radical (unpaired) electrons. The van der Waals surface area contributed by atoms with Crippen molar-refractivity contribution >= 4 is 29.0 Å². The van der Waals surface area contributed by atoms with Gasteiger partial charge in [-0.25, -0.2) is 0 Å². The summed E-state index contributed by atoms with van der Waals surface area (Å²) in [5.74, 6) is -0.169. The summed E-state index contributed by atoms with van der Waals surface area (Å²) in [6.07, 6.45) is 1.43. The van der Waals surface area contributed by atoms with Crippen LogP contribution in [0.5, 0.6) is 0 Å². The molecular formula is C6H8ClN3OS. The number of hydrogen-bond acceptors (Lipinski definition) is 4. The fourth-order valence-corrected chi connectivity index (χ4v) is 1.10. The molecule has 4 nitrogen and oxygen atoms in total. The molecule has 1 unspecified atom stereocenters. The smallest absolute Gasteiger partial charge is 0.264 e. The number of halogens is 1. The van der Waals surface area contributed by atoms with Gasteiger partial charge in [-0.05, 0) is 18.5 Å². The molecule has 0 bridgehead atoms. The van der Waals surface area contributed by atoms with Crippen molar-refractivity contribution in [1.82, 2.24) is 14.9 Å². The number of amides is 1. The van der Waals surface area contributed by atoms with Crippen molar-refractivity contribution in [3.05, 3.63) is 11.1 Å². The normalized spacial score (nSPS) is 12.5. The van der Waals surface area contributed by atoms with Gasteiger partial charge in [-0.15, -0.1) is 16.7 Å². The van der Waals surface area contributed by atoms with Crippen molar-refractivity contribution in [3.8, 4) is 0 Å². The Kier molecular flexibility index (Phi) is 3.43. The Labute approximate surface area is 79.1 Å². The Morgan fingerprint density at radius 2 is 2.67 bits per heavy atom. The molecule has 1 amide bonds. The molecule has 0 saturated heterocycles. The molecule has 1 N–H and O–H groups in total. The second-order valence-corrected chi connectivity index (χ2v) is 3.80. The molecule has 0 aromatic carbocycles. The maximum atomic E-state index is 11.2. The van der Waals surface area contributed by atoms with Crippen LogP contribution in [-0.2, 0) is 0 Å². The van der Waals surface area contributed by atoms with Crippen LogP contribution in [0.1, 0.15) is 16.6 Å². The maximum absolute atomic E-state index is 11.2. The van der Waals surface area contributed by atoms with Gasteiger partial charge in [0.25, 0.3) is 5.91 Å². The van der Waals surface area contributed by atoms with E-state index < -0.39 is 0 Å². The highest BCUT2D eigenvalue weighted by Gasteiger charge is 2.07. The highest BCUT2D eigenvalue weighted by atomic mass is 35.5. The van der Waals surface area contributed by atoms with E-state index in [1.807, 2.05) is 6.92 Å². The Morgan fingerprint density at radius 1 is 1.92 bits per heavy atom. The lowest BCUT2D eigenvalue weighted by Gasteiger charge is -2.02. The topological polar surface area (TPSA) is 54.9 Å². The zero-order chi connectivity index (χ0) is 8.97. The SMILES string of the molecule is CC(Cl)CNC(=O)c1cnns1. The van der Waals surface area contributed by atoms with Crippen LogP contribution in [0.15, 0.2) is 6.20 Å². The average molecular weight is 206 g/mol. The van der Waals surface area contributed by atoms with E-state index in [0.717, 1.165) is 11.5 Å². The molecule has 0 aliphatic carbocycles. The van der Waals surface area contributed by atoms with E-state index in [0.29, 0.717) is 11.4 Å². The lowest BCUT2D eigenvalue weighted by atomic mass is 10.4. The highest BCUT2D eigenvalue weighted by Crippen LogP contribution is 2.01. The van der Waals surface area contributed by atoms with Crippen LogP contribution >= 0.6 is 23.1 Å². The van der Waals surface area contributed by atoms with E-state index in [2.05, 4.69) is 14.9 Å². The summed E-state index contributed by atoms with van der Waals surface area (Å²) in [6.45, 7) is 2.27. The number of aromatic nitrogens is 2. The monoisotopic (exact) mass is 205 g/mol. The molecule has 0 saturated carbocycles. The summed E-state index contributed by atoms with van der Waals surface area (Å²) in [4.78, 5) is 11.7. The molecule has 0 aliphatic heterocycles. The first kappa shape index (κ1) is 9.41. The van der Waals surface area contributed by atoms with Crippen molar-refractivity contribution in [1.29, 1.82) is 0 Å². The lowest BCUT2D eigenvalue weighted by molar-refractivity contribution is 0.0958. The minimum Gasteiger partial charge on any atom is -0.350 e. The largest absolute Gasteiger partial charge is 0.350 e. The second kappa shape index (κ2) is 4.37. The fraction of sp³-hybridized carbons (Fsp3) is 0.500. The van der Waals surface area contributed by atoms with E-state index in [1.54, 1.807) is 0 Å². The van der Waals surface area contributed by atoms with Crippen molar-refractivity contribution in [2.45, 2.75) is 12.3 Å². The molecule has 6 heteroatoms. The van der Waals surface area contributed by atoms with Crippen molar-refractivity contribution < 1.29 is 4.79 Å². The van der Waals surface area contributed by atoms with Gasteiger partial charge < -0.3 is 5.32 Å². The summed E-state index contributed by atoms with van der Waals surface area (Å²) >= 11 is 6.71. The maximum Gasteiger partial charge on any atom is 0.264 e. The lowest BCUT2D eigenvalue weighted by Crippen LogP contribution is -2.27. The number of nitrogens with zero attached hydrogens (tertiary/aromatic N) is 2. The fourth-order valence-electron chi connectivity index (χ4n) is 0.588. The Hall–Kier alpha value is -0.680. The van der Waals surface area contributed by atoms with Gasteiger partial charge in [-0.2, -0.15) is 0 Å². The zero-order valence-corrected chi connectivity index (χ0v) is 8.02. The van der Waals surface area contributed by atoms with Gasteiger partial charge >= 0.3 is 0 Å². The average Bonchev–Trinajstić information content (AvgIpc) is 2.51. The zero-order valence-electron chi connectivity index (χ0n) is 6.45. The predicted octanol–water partition coefficient (Wildman–Crippen LogP) is 0.895. The molecular weight excluding hydrogens is 198 g/mol. The first-order chi connectivity index (χ1) is 5.70. The van der Waals surface area contributed by atoms with Crippen LogP contribution in [0.2, 0.25) is 0 Å². The Bertz CT molecular complexity index is 249. The van der Waals surface area contributed by atoms with Crippen LogP contribution in [0.4, 0.5) is 0 Å². The standard InChI is InChI=1S/C6H8ClN3OS/c1-4(7)2-8-6(11)5-3-9-10-12-5/h3-4H,2H2,1H3,(H,8,11). The molecule has 0 aliphatic rings. The first-order valence-corrected chi connectivity index (χ1v) is 4.60. The molecule has 1 aromatic rings. The number of nitrogens with one attached hydrogen (secondary N) is 1. The quantitative estimate of drug-likeness (QED) is 0.746. The Morgan fingerprint density at radius 3 is 3.17 bits per heavy atom. The number of hydrogen-bond donors (Lipinski definition) is 1. The van der Waals surface area contributed by atoms with E-state index >= 15 is 0 Å². The molecule has 0 fully saturated rings. The Balaban J connectivity index is 2.40. The predicted molar refractivity (Wildman–Crippen MR) is 47.6 cm³/mol. The van der Waals surface area contributed by atoms with Crippen molar-refractivity contribution in [2.24, 2.45) is 0 Å². The van der Waals surface area contributed by atoms with Gasteiger partial charge in [0.15, 0.2) is 0 Å². The van der Waals surface area contributed by atoms with Gasteiger partial charge in [0.2, 0.25) is 0 Å². The van der Waals surface area contributed by atoms with Crippen LogP contribution in [0, 0.1) is 0 Å². The van der Waals surface area contributed by atoms with Crippen LogP contribution in [0.25, 0.3) is 0 Å². The van der Waals surface area contributed by atoms with Crippen molar-refractivity contribution in [3.63, 3.8) is 0 Å². The van der Waals surface area contributed by atoms with Gasteiger partial charge in [0.05, 0.1) is 6.20 Å². The molecule has 1 aromatic heterocycles. The third-order valence-corrected chi connectivity index (χ3v) is 1.95. The van der Waals surface area contributed by atoms with Crippen LogP contribution < -0.4 is 5.32 Å². The van der Waals surface area contributed by atoms with Gasteiger partial charge in [-0.1, -0.05) is 4.49 Å². The molecule has 66 valence electrons. The number of carbonyl (C=O) groups excluding carboxylic acids is 1. The van der Waals surface area contributed by atoms with Crippen LogP contribution in [-0.4, -0.2) is 27.4 Å². The van der Waals surface area contributed by atoms with E-state index in [9.17, 15) is 4.79 Å². The third kappa shape index (κ3) is 2.75. The number of carbonyl (C=O) groups is 1. The summed E-state index contributed by atoms with van der Waals surface area (Å²) in [6, 6.07) is 0. The van der Waals surface area contributed by atoms with E-state index in [1.165, 1.54) is 6.20 Å².